The molecule has 0 saturated heterocycles. The maximum Gasteiger partial charge on any atom is 0.0693 e. The normalized spacial score (nSPS) is 11.8. The average molecular weight is 441 g/mol. The first-order valence-corrected chi connectivity index (χ1v) is 11.4. The number of anilines is 3. The average Bonchev–Trinajstić information content (AvgIpc) is 2.80. The summed E-state index contributed by atoms with van der Waals surface area (Å²) in [4.78, 5) is 2.37. The Morgan fingerprint density at radius 3 is 1.72 bits per heavy atom. The predicted octanol–water partition coefficient (Wildman–Crippen LogP) is 8.26. The molecule has 4 aromatic carbocycles. The monoisotopic (exact) mass is 440 g/mol. The molecule has 0 aliphatic rings. The Morgan fingerprint density at radius 1 is 0.719 bits per heavy atom. The highest BCUT2D eigenvalue weighted by Gasteiger charge is 2.20. The van der Waals surface area contributed by atoms with Crippen LogP contribution in [0.4, 0.5) is 17.1 Å². The minimum atomic E-state index is 0.0628. The predicted molar refractivity (Wildman–Crippen MR) is 138 cm³/mol. The summed E-state index contributed by atoms with van der Waals surface area (Å²) in [6.45, 7) is 7.26. The largest absolute Gasteiger partial charge is 0.376 e. The van der Waals surface area contributed by atoms with Crippen molar-refractivity contribution in [2.45, 2.75) is 26.8 Å². The summed E-state index contributed by atoms with van der Waals surface area (Å²) in [7, 11) is 0. The molecule has 0 aliphatic carbocycles. The Labute approximate surface area is 196 Å². The zero-order chi connectivity index (χ0) is 22.5. The van der Waals surface area contributed by atoms with E-state index in [2.05, 4.69) is 116 Å². The molecule has 0 heterocycles. The lowest BCUT2D eigenvalue weighted by Crippen LogP contribution is -2.28. The summed E-state index contributed by atoms with van der Waals surface area (Å²) >= 11 is 6.21. The van der Waals surface area contributed by atoms with Crippen LogP contribution in [0.2, 0.25) is 5.02 Å². The van der Waals surface area contributed by atoms with E-state index in [4.69, 9.17) is 11.6 Å². The number of nitrogens with one attached hydrogen (secondary N) is 1. The third kappa shape index (κ3) is 5.15. The highest BCUT2D eigenvalue weighted by Crippen LogP contribution is 2.32. The molecule has 4 rings (SSSR count). The van der Waals surface area contributed by atoms with Gasteiger partial charge in [0.15, 0.2) is 0 Å². The van der Waals surface area contributed by atoms with E-state index in [-0.39, 0.29) is 6.04 Å². The fourth-order valence-electron chi connectivity index (χ4n) is 4.27. The molecule has 0 radical (unpaired) electrons. The molecule has 0 fully saturated rings. The minimum Gasteiger partial charge on any atom is -0.376 e. The van der Waals surface area contributed by atoms with Gasteiger partial charge >= 0.3 is 0 Å². The number of hydrogen-bond donors (Lipinski definition) is 1. The topological polar surface area (TPSA) is 15.3 Å². The number of halogens is 1. The number of aryl methyl sites for hydroxylation is 3. The summed E-state index contributed by atoms with van der Waals surface area (Å²) in [6.07, 6.45) is 0. The van der Waals surface area contributed by atoms with Gasteiger partial charge in [-0.2, -0.15) is 0 Å². The molecule has 1 N–H and O–H groups in total. The fourth-order valence-corrected chi connectivity index (χ4v) is 4.40. The van der Waals surface area contributed by atoms with E-state index < -0.39 is 0 Å². The summed E-state index contributed by atoms with van der Waals surface area (Å²) in [6, 6.07) is 33.8. The van der Waals surface area contributed by atoms with Crippen molar-refractivity contribution in [3.63, 3.8) is 0 Å². The Morgan fingerprint density at radius 2 is 1.22 bits per heavy atom. The van der Waals surface area contributed by atoms with Crippen LogP contribution >= 0.6 is 11.6 Å². The molecule has 0 saturated carbocycles. The van der Waals surface area contributed by atoms with Crippen molar-refractivity contribution in [3.8, 4) is 0 Å². The fraction of sp³-hybridized carbons (Fsp3) is 0.172. The first-order chi connectivity index (χ1) is 15.5. The van der Waals surface area contributed by atoms with Crippen LogP contribution in [-0.2, 0) is 0 Å². The molecule has 32 heavy (non-hydrogen) atoms. The van der Waals surface area contributed by atoms with Crippen LogP contribution in [0.3, 0.4) is 0 Å². The molecule has 162 valence electrons. The van der Waals surface area contributed by atoms with Gasteiger partial charge in [-0.3, -0.25) is 0 Å². The molecular formula is C29H29ClN2. The molecule has 0 spiro atoms. The lowest BCUT2D eigenvalue weighted by Gasteiger charge is -2.32. The van der Waals surface area contributed by atoms with Gasteiger partial charge in [-0.1, -0.05) is 77.8 Å². The van der Waals surface area contributed by atoms with Crippen LogP contribution in [0.25, 0.3) is 0 Å². The molecule has 0 aliphatic heterocycles. The zero-order valence-electron chi connectivity index (χ0n) is 18.8. The number of para-hydroxylation sites is 2. The third-order valence-electron chi connectivity index (χ3n) is 5.77. The maximum atomic E-state index is 6.21. The van der Waals surface area contributed by atoms with Crippen molar-refractivity contribution >= 4 is 28.7 Å². The van der Waals surface area contributed by atoms with E-state index in [0.29, 0.717) is 0 Å². The van der Waals surface area contributed by atoms with Gasteiger partial charge in [0.25, 0.3) is 0 Å². The van der Waals surface area contributed by atoms with E-state index in [1.807, 2.05) is 12.1 Å². The van der Waals surface area contributed by atoms with Crippen LogP contribution in [0, 0.1) is 20.8 Å². The molecule has 1 unspecified atom stereocenters. The molecule has 1 atom stereocenters. The van der Waals surface area contributed by atoms with E-state index >= 15 is 0 Å². The number of benzene rings is 4. The molecule has 0 amide bonds. The Bertz CT molecular complexity index is 1090. The Kier molecular flexibility index (Phi) is 6.82. The maximum absolute atomic E-state index is 6.21. The van der Waals surface area contributed by atoms with Crippen LogP contribution < -0.4 is 10.2 Å². The van der Waals surface area contributed by atoms with Gasteiger partial charge in [-0.25, -0.2) is 0 Å². The molecule has 0 bridgehead atoms. The molecule has 4 aromatic rings. The van der Waals surface area contributed by atoms with E-state index in [1.165, 1.54) is 27.9 Å². The van der Waals surface area contributed by atoms with E-state index in [9.17, 15) is 0 Å². The summed E-state index contributed by atoms with van der Waals surface area (Å²) in [5.74, 6) is 0. The first-order valence-electron chi connectivity index (χ1n) is 11.0. The lowest BCUT2D eigenvalue weighted by molar-refractivity contribution is 0.765. The molecule has 2 nitrogen and oxygen atoms in total. The zero-order valence-corrected chi connectivity index (χ0v) is 19.6. The second kappa shape index (κ2) is 9.93. The van der Waals surface area contributed by atoms with Crippen LogP contribution in [0.15, 0.2) is 97.1 Å². The molecular weight excluding hydrogens is 412 g/mol. The van der Waals surface area contributed by atoms with Gasteiger partial charge in [0.05, 0.1) is 6.04 Å². The van der Waals surface area contributed by atoms with Gasteiger partial charge in [0, 0.05) is 28.6 Å². The molecule has 3 heteroatoms. The standard InChI is InChI=1S/C29H29ClN2/c1-21-18-22(2)29(23(3)19-21)31-28(24-14-16-25(30)17-15-24)20-32(26-10-6-4-7-11-26)27-12-8-5-9-13-27/h4-19,28,31H,20H2,1-3H3. The van der Waals surface area contributed by atoms with Gasteiger partial charge < -0.3 is 10.2 Å². The van der Waals surface area contributed by atoms with Crippen molar-refractivity contribution in [2.75, 3.05) is 16.8 Å². The summed E-state index contributed by atoms with van der Waals surface area (Å²) in [5.41, 5.74) is 8.51. The van der Waals surface area contributed by atoms with Crippen molar-refractivity contribution in [1.29, 1.82) is 0 Å². The third-order valence-corrected chi connectivity index (χ3v) is 6.02. The van der Waals surface area contributed by atoms with Crippen molar-refractivity contribution < 1.29 is 0 Å². The van der Waals surface area contributed by atoms with Crippen LogP contribution in [-0.4, -0.2) is 6.54 Å². The number of rotatable bonds is 7. The molecule has 0 aromatic heterocycles. The number of nitrogens with zero attached hydrogens (tertiary/aromatic N) is 1. The summed E-state index contributed by atoms with van der Waals surface area (Å²) < 4.78 is 0. The highest BCUT2D eigenvalue weighted by molar-refractivity contribution is 6.30. The SMILES string of the molecule is Cc1cc(C)c(NC(CN(c2ccccc2)c2ccccc2)c2ccc(Cl)cc2)c(C)c1. The second-order valence-corrected chi connectivity index (χ2v) is 8.74. The van der Waals surface area contributed by atoms with Crippen molar-refractivity contribution in [1.82, 2.24) is 0 Å². The van der Waals surface area contributed by atoms with Gasteiger partial charge in [0.2, 0.25) is 0 Å². The van der Waals surface area contributed by atoms with Gasteiger partial charge in [0.1, 0.15) is 0 Å². The first kappa shape index (κ1) is 22.0. The Hall–Kier alpha value is -3.23. The Balaban J connectivity index is 1.76. The van der Waals surface area contributed by atoms with Crippen molar-refractivity contribution in [2.24, 2.45) is 0 Å². The van der Waals surface area contributed by atoms with Crippen LogP contribution in [0.1, 0.15) is 28.3 Å². The van der Waals surface area contributed by atoms with E-state index in [1.54, 1.807) is 0 Å². The van der Waals surface area contributed by atoms with Gasteiger partial charge in [-0.15, -0.1) is 0 Å². The van der Waals surface area contributed by atoms with E-state index in [0.717, 1.165) is 22.9 Å². The highest BCUT2D eigenvalue weighted by atomic mass is 35.5. The second-order valence-electron chi connectivity index (χ2n) is 8.30. The number of hydrogen-bond acceptors (Lipinski definition) is 2. The van der Waals surface area contributed by atoms with Gasteiger partial charge in [-0.05, 0) is 73.9 Å². The smallest absolute Gasteiger partial charge is 0.0693 e. The quantitative estimate of drug-likeness (QED) is 0.311. The summed E-state index contributed by atoms with van der Waals surface area (Å²) in [5, 5.41) is 4.61. The lowest BCUT2D eigenvalue weighted by atomic mass is 10.0. The minimum absolute atomic E-state index is 0.0628. The van der Waals surface area contributed by atoms with Crippen LogP contribution in [0.5, 0.6) is 0 Å². The van der Waals surface area contributed by atoms with Crippen molar-refractivity contribution in [3.05, 3.63) is 124 Å².